The molecule has 0 radical (unpaired) electrons. The highest BCUT2D eigenvalue weighted by Gasteiger charge is 2.29. The van der Waals surface area contributed by atoms with E-state index in [-0.39, 0.29) is 24.1 Å². The van der Waals surface area contributed by atoms with Gasteiger partial charge in [0.15, 0.2) is 5.65 Å². The minimum absolute atomic E-state index is 0.119. The number of likely N-dealkylation sites (tertiary alicyclic amines) is 1. The van der Waals surface area contributed by atoms with Gasteiger partial charge in [-0.15, -0.1) is 0 Å². The maximum Gasteiger partial charge on any atom is 0.330 e. The average molecular weight is 473 g/mol. The molecule has 0 bridgehead atoms. The van der Waals surface area contributed by atoms with Gasteiger partial charge in [-0.2, -0.15) is 10.4 Å². The van der Waals surface area contributed by atoms with Crippen molar-refractivity contribution in [2.75, 3.05) is 33.7 Å². The standard InChI is InChI=1S/C25H28N8O2/c1-29(2)14-15-31-22-9-8-20(19-16-27-32-13-4-3-7-21(19)32)28-24(22)33(25(31)35)18-6-5-12-30(17-18)23(34)10-11-26/h3-4,7-9,13,16,18H,5-6,10,12,14-15,17H2,1-2H3/t18-/m0/s1. The van der Waals surface area contributed by atoms with Crippen LogP contribution in [0.2, 0.25) is 0 Å². The number of hydrogen-bond donors (Lipinski definition) is 0. The normalized spacial score (nSPS) is 16.3. The topological polar surface area (TPSA) is 104 Å². The largest absolute Gasteiger partial charge is 0.340 e. The fourth-order valence-corrected chi connectivity index (χ4v) is 4.85. The molecule has 5 heterocycles. The van der Waals surface area contributed by atoms with Crippen LogP contribution in [0.25, 0.3) is 27.9 Å². The number of pyridine rings is 2. The molecule has 180 valence electrons. The Morgan fingerprint density at radius 3 is 2.89 bits per heavy atom. The SMILES string of the molecule is CN(C)CCn1c(=O)n([C@H]2CCCN(C(=O)CC#N)C2)c2nc(-c3cnn4ccccc34)ccc21. The molecule has 1 atom stereocenters. The quantitative estimate of drug-likeness (QED) is 0.426. The maximum absolute atomic E-state index is 13.7. The summed E-state index contributed by atoms with van der Waals surface area (Å²) >= 11 is 0. The highest BCUT2D eigenvalue weighted by molar-refractivity contribution is 5.82. The Morgan fingerprint density at radius 2 is 2.09 bits per heavy atom. The third-order valence-electron chi connectivity index (χ3n) is 6.63. The van der Waals surface area contributed by atoms with Crippen molar-refractivity contribution in [3.05, 3.63) is 53.2 Å². The molecule has 10 heteroatoms. The number of hydrogen-bond acceptors (Lipinski definition) is 6. The summed E-state index contributed by atoms with van der Waals surface area (Å²) in [5.74, 6) is -0.193. The molecule has 1 amide bonds. The number of carbonyl (C=O) groups excluding carboxylic acids is 1. The summed E-state index contributed by atoms with van der Waals surface area (Å²) < 4.78 is 5.33. The summed E-state index contributed by atoms with van der Waals surface area (Å²) in [4.78, 5) is 34.8. The van der Waals surface area contributed by atoms with Crippen LogP contribution in [0.1, 0.15) is 25.3 Å². The zero-order valence-corrected chi connectivity index (χ0v) is 20.0. The smallest absolute Gasteiger partial charge is 0.330 e. The van der Waals surface area contributed by atoms with Gasteiger partial charge in [0, 0.05) is 37.9 Å². The maximum atomic E-state index is 13.7. The zero-order chi connectivity index (χ0) is 24.5. The van der Waals surface area contributed by atoms with Gasteiger partial charge in [-0.3, -0.25) is 13.9 Å². The third kappa shape index (κ3) is 4.19. The van der Waals surface area contributed by atoms with E-state index in [4.69, 9.17) is 10.2 Å². The van der Waals surface area contributed by atoms with E-state index in [1.165, 1.54) is 0 Å². The predicted molar refractivity (Wildman–Crippen MR) is 132 cm³/mol. The Hall–Kier alpha value is -3.97. The molecule has 35 heavy (non-hydrogen) atoms. The van der Waals surface area contributed by atoms with E-state index < -0.39 is 0 Å². The number of nitrogens with zero attached hydrogens (tertiary/aromatic N) is 8. The average Bonchev–Trinajstić information content (AvgIpc) is 3.41. The Balaban J connectivity index is 1.63. The lowest BCUT2D eigenvalue weighted by molar-refractivity contribution is -0.131. The van der Waals surface area contributed by atoms with Crippen LogP contribution >= 0.6 is 0 Å². The van der Waals surface area contributed by atoms with Gasteiger partial charge < -0.3 is 9.80 Å². The van der Waals surface area contributed by atoms with Gasteiger partial charge in [-0.05, 0) is 51.2 Å². The first-order chi connectivity index (χ1) is 17.0. The molecule has 5 rings (SSSR count). The number of amides is 1. The molecule has 1 saturated heterocycles. The van der Waals surface area contributed by atoms with E-state index in [2.05, 4.69) is 5.10 Å². The summed E-state index contributed by atoms with van der Waals surface area (Å²) in [5, 5.41) is 13.4. The van der Waals surface area contributed by atoms with Crippen molar-refractivity contribution in [2.24, 2.45) is 0 Å². The van der Waals surface area contributed by atoms with Crippen LogP contribution in [0.4, 0.5) is 0 Å². The van der Waals surface area contributed by atoms with Crippen LogP contribution < -0.4 is 5.69 Å². The van der Waals surface area contributed by atoms with Crippen molar-refractivity contribution >= 4 is 22.6 Å². The number of fused-ring (bicyclic) bond motifs is 2. The monoisotopic (exact) mass is 472 g/mol. The van der Waals surface area contributed by atoms with Crippen molar-refractivity contribution in [1.29, 1.82) is 5.26 Å². The van der Waals surface area contributed by atoms with E-state index in [1.807, 2.05) is 61.6 Å². The second kappa shape index (κ2) is 9.35. The number of imidazole rings is 1. The van der Waals surface area contributed by atoms with E-state index in [1.54, 1.807) is 24.7 Å². The third-order valence-corrected chi connectivity index (χ3v) is 6.63. The predicted octanol–water partition coefficient (Wildman–Crippen LogP) is 2.15. The fraction of sp³-hybridized carbons (Fsp3) is 0.400. The second-order valence-electron chi connectivity index (χ2n) is 9.21. The van der Waals surface area contributed by atoms with Crippen LogP contribution in [0.3, 0.4) is 0 Å². The Morgan fingerprint density at radius 1 is 1.23 bits per heavy atom. The van der Waals surface area contributed by atoms with Crippen molar-refractivity contribution < 1.29 is 4.79 Å². The zero-order valence-electron chi connectivity index (χ0n) is 20.0. The number of nitriles is 1. The van der Waals surface area contributed by atoms with Crippen LogP contribution in [0, 0.1) is 11.3 Å². The Bertz CT molecular complexity index is 1490. The summed E-state index contributed by atoms with van der Waals surface area (Å²) in [7, 11) is 3.96. The first kappa shape index (κ1) is 22.8. The van der Waals surface area contributed by atoms with E-state index in [9.17, 15) is 9.59 Å². The number of carbonyl (C=O) groups is 1. The van der Waals surface area contributed by atoms with Crippen molar-refractivity contribution in [2.45, 2.75) is 31.8 Å². The molecule has 0 N–H and O–H groups in total. The first-order valence-electron chi connectivity index (χ1n) is 11.8. The highest BCUT2D eigenvalue weighted by atomic mass is 16.2. The minimum atomic E-state index is -0.200. The van der Waals surface area contributed by atoms with Gasteiger partial charge >= 0.3 is 5.69 Å². The Kier molecular flexibility index (Phi) is 6.09. The molecular formula is C25H28N8O2. The van der Waals surface area contributed by atoms with Gasteiger partial charge in [0.2, 0.25) is 5.91 Å². The van der Waals surface area contributed by atoms with E-state index >= 15 is 0 Å². The highest BCUT2D eigenvalue weighted by Crippen LogP contribution is 2.28. The lowest BCUT2D eigenvalue weighted by atomic mass is 10.1. The molecule has 4 aromatic rings. The van der Waals surface area contributed by atoms with E-state index in [0.717, 1.165) is 35.1 Å². The molecular weight excluding hydrogens is 444 g/mol. The number of likely N-dealkylation sites (N-methyl/N-ethyl adjacent to an activating group) is 1. The van der Waals surface area contributed by atoms with Crippen LogP contribution in [0.5, 0.6) is 0 Å². The van der Waals surface area contributed by atoms with Gasteiger partial charge in [-0.1, -0.05) is 6.07 Å². The molecule has 1 aliphatic rings. The summed E-state index contributed by atoms with van der Waals surface area (Å²) in [5.41, 5.74) is 3.84. The van der Waals surface area contributed by atoms with E-state index in [0.29, 0.717) is 31.8 Å². The second-order valence-corrected chi connectivity index (χ2v) is 9.21. The van der Waals surface area contributed by atoms with Crippen molar-refractivity contribution in [1.82, 2.24) is 33.5 Å². The number of rotatable bonds is 6. The van der Waals surface area contributed by atoms with Gasteiger partial charge in [0.25, 0.3) is 0 Å². The van der Waals surface area contributed by atoms with Crippen LogP contribution in [-0.4, -0.2) is 73.2 Å². The van der Waals surface area contributed by atoms with Gasteiger partial charge in [-0.25, -0.2) is 14.3 Å². The summed E-state index contributed by atoms with van der Waals surface area (Å²) in [6.07, 6.45) is 5.07. The first-order valence-corrected chi connectivity index (χ1v) is 11.8. The molecule has 0 saturated carbocycles. The Labute approximate surface area is 202 Å². The molecule has 10 nitrogen and oxygen atoms in total. The summed E-state index contributed by atoms with van der Waals surface area (Å²) in [6.45, 7) is 2.26. The molecule has 1 fully saturated rings. The van der Waals surface area contributed by atoms with Gasteiger partial charge in [0.1, 0.15) is 6.42 Å². The number of piperidine rings is 1. The molecule has 0 unspecified atom stereocenters. The summed E-state index contributed by atoms with van der Waals surface area (Å²) in [6, 6.07) is 11.5. The molecule has 0 aliphatic carbocycles. The molecule has 0 aromatic carbocycles. The lowest BCUT2D eigenvalue weighted by Gasteiger charge is -2.32. The van der Waals surface area contributed by atoms with Crippen molar-refractivity contribution in [3.8, 4) is 17.3 Å². The molecule has 0 spiro atoms. The fourth-order valence-electron chi connectivity index (χ4n) is 4.85. The lowest BCUT2D eigenvalue weighted by Crippen LogP contribution is -2.43. The van der Waals surface area contributed by atoms with Crippen LogP contribution in [0.15, 0.2) is 47.5 Å². The minimum Gasteiger partial charge on any atom is -0.340 e. The molecule has 4 aromatic heterocycles. The van der Waals surface area contributed by atoms with Crippen LogP contribution in [-0.2, 0) is 11.3 Å². The number of aromatic nitrogens is 5. The molecule has 1 aliphatic heterocycles. The van der Waals surface area contributed by atoms with Gasteiger partial charge in [0.05, 0.1) is 35.0 Å². The van der Waals surface area contributed by atoms with Crippen molar-refractivity contribution in [3.63, 3.8) is 0 Å².